The third kappa shape index (κ3) is 5.05. The molecule has 0 amide bonds. The van der Waals surface area contributed by atoms with E-state index in [-0.39, 0.29) is 18.3 Å². The van der Waals surface area contributed by atoms with Gasteiger partial charge in [0.05, 0.1) is 44.1 Å². The predicted molar refractivity (Wildman–Crippen MR) is 122 cm³/mol. The minimum absolute atomic E-state index is 0.109. The Morgan fingerprint density at radius 2 is 2.00 bits per heavy atom. The first-order valence-corrected chi connectivity index (χ1v) is 11.3. The van der Waals surface area contributed by atoms with Gasteiger partial charge in [0.15, 0.2) is 0 Å². The summed E-state index contributed by atoms with van der Waals surface area (Å²) in [7, 11) is 3.07. The van der Waals surface area contributed by atoms with E-state index in [9.17, 15) is 4.79 Å². The molecule has 168 valence electrons. The van der Waals surface area contributed by atoms with Crippen LogP contribution in [0.3, 0.4) is 0 Å². The van der Waals surface area contributed by atoms with Crippen LogP contribution in [0.5, 0.6) is 5.75 Å². The van der Waals surface area contributed by atoms with Gasteiger partial charge in [0.25, 0.3) is 0 Å². The van der Waals surface area contributed by atoms with Crippen LogP contribution < -0.4 is 10.1 Å². The van der Waals surface area contributed by atoms with Gasteiger partial charge >= 0.3 is 5.97 Å². The average molecular weight is 435 g/mol. The van der Waals surface area contributed by atoms with Crippen molar-refractivity contribution in [3.63, 3.8) is 0 Å². The van der Waals surface area contributed by atoms with E-state index in [0.29, 0.717) is 30.6 Å². The number of rotatable bonds is 8. The molecule has 1 saturated carbocycles. The lowest BCUT2D eigenvalue weighted by atomic mass is 9.85. The number of carbonyl (C=O) groups excluding carboxylic acids is 1. The van der Waals surface area contributed by atoms with E-state index >= 15 is 0 Å². The van der Waals surface area contributed by atoms with E-state index in [1.165, 1.54) is 25.5 Å². The van der Waals surface area contributed by atoms with Gasteiger partial charge in [-0.2, -0.15) is 5.26 Å². The molecule has 1 aliphatic carbocycles. The molecule has 1 heterocycles. The van der Waals surface area contributed by atoms with Crippen LogP contribution in [0.1, 0.15) is 60.6 Å². The number of methoxy groups -OCH3 is 2. The SMILES string of the molecule is COCC(CC(=O)OC)c1cc(Nc2ccc(C#N)cc2)c2c(c1)C(C1CC1)CCCO2. The fraction of sp³-hybridized carbons (Fsp3) is 0.462. The standard InChI is InChI=1S/C26H30N2O4/c1-30-16-20(14-25(29)31-2)19-12-23-22(18-7-8-18)4-3-11-32-26(23)24(13-19)28-21-9-5-17(15-27)6-10-21/h5-6,9-10,12-13,18,20,22,28H,3-4,7-8,11,14,16H2,1-2H3. The topological polar surface area (TPSA) is 80.6 Å². The van der Waals surface area contributed by atoms with Crippen LogP contribution in [0.2, 0.25) is 0 Å². The van der Waals surface area contributed by atoms with Crippen molar-refractivity contribution in [3.05, 3.63) is 53.1 Å². The molecule has 6 nitrogen and oxygen atoms in total. The van der Waals surface area contributed by atoms with Gasteiger partial charge in [-0.05, 0) is 79.0 Å². The van der Waals surface area contributed by atoms with Crippen molar-refractivity contribution in [2.75, 3.05) is 32.8 Å². The molecular formula is C26H30N2O4. The van der Waals surface area contributed by atoms with E-state index in [1.807, 2.05) is 12.1 Å². The van der Waals surface area contributed by atoms with Gasteiger partial charge in [0, 0.05) is 18.7 Å². The molecule has 32 heavy (non-hydrogen) atoms. The second kappa shape index (κ2) is 10.1. The van der Waals surface area contributed by atoms with Crippen LogP contribution in [0.15, 0.2) is 36.4 Å². The van der Waals surface area contributed by atoms with E-state index in [1.54, 1.807) is 19.2 Å². The fourth-order valence-corrected chi connectivity index (χ4v) is 4.60. The van der Waals surface area contributed by atoms with Gasteiger partial charge < -0.3 is 19.5 Å². The van der Waals surface area contributed by atoms with Crippen molar-refractivity contribution in [2.45, 2.75) is 43.9 Å². The number of anilines is 2. The number of hydrogen-bond acceptors (Lipinski definition) is 6. The highest BCUT2D eigenvalue weighted by Crippen LogP contribution is 2.51. The number of carbonyl (C=O) groups is 1. The summed E-state index contributed by atoms with van der Waals surface area (Å²) in [5, 5.41) is 12.6. The van der Waals surface area contributed by atoms with Crippen LogP contribution in [-0.4, -0.2) is 33.4 Å². The number of hydrogen-bond donors (Lipinski definition) is 1. The Kier molecular flexibility index (Phi) is 6.96. The highest BCUT2D eigenvalue weighted by molar-refractivity contribution is 5.73. The van der Waals surface area contributed by atoms with E-state index in [0.717, 1.165) is 35.5 Å². The Balaban J connectivity index is 1.77. The zero-order valence-corrected chi connectivity index (χ0v) is 18.7. The molecule has 0 radical (unpaired) electrons. The summed E-state index contributed by atoms with van der Waals surface area (Å²) in [6.45, 7) is 1.13. The van der Waals surface area contributed by atoms with Gasteiger partial charge in [-0.15, -0.1) is 0 Å². The molecule has 2 unspecified atom stereocenters. The predicted octanol–water partition coefficient (Wildman–Crippen LogP) is 5.26. The van der Waals surface area contributed by atoms with Crippen molar-refractivity contribution >= 4 is 17.3 Å². The molecule has 0 bridgehead atoms. The normalized spacial score (nSPS) is 18.5. The second-order valence-electron chi connectivity index (χ2n) is 8.67. The maximum atomic E-state index is 12.1. The molecule has 6 heteroatoms. The summed E-state index contributed by atoms with van der Waals surface area (Å²) in [5.41, 5.74) is 4.66. The quantitative estimate of drug-likeness (QED) is 0.571. The highest BCUT2D eigenvalue weighted by atomic mass is 16.5. The maximum absolute atomic E-state index is 12.1. The Labute approximate surface area is 189 Å². The Bertz CT molecular complexity index is 992. The summed E-state index contributed by atoms with van der Waals surface area (Å²) in [6.07, 6.45) is 4.93. The molecule has 0 aromatic heterocycles. The van der Waals surface area contributed by atoms with Gasteiger partial charge in [-0.1, -0.05) is 6.07 Å². The van der Waals surface area contributed by atoms with Crippen molar-refractivity contribution in [1.82, 2.24) is 0 Å². The van der Waals surface area contributed by atoms with Crippen LogP contribution in [-0.2, 0) is 14.3 Å². The van der Waals surface area contributed by atoms with Gasteiger partial charge in [0.1, 0.15) is 5.75 Å². The molecule has 4 rings (SSSR count). The molecule has 2 aromatic carbocycles. The van der Waals surface area contributed by atoms with Crippen molar-refractivity contribution < 1.29 is 19.0 Å². The summed E-state index contributed by atoms with van der Waals surface area (Å²) in [4.78, 5) is 12.1. The largest absolute Gasteiger partial charge is 0.491 e. The van der Waals surface area contributed by atoms with Crippen LogP contribution in [0.4, 0.5) is 11.4 Å². The first-order chi connectivity index (χ1) is 15.6. The van der Waals surface area contributed by atoms with Gasteiger partial charge in [-0.25, -0.2) is 0 Å². The zero-order chi connectivity index (χ0) is 22.5. The number of nitrogens with one attached hydrogen (secondary N) is 1. The summed E-state index contributed by atoms with van der Waals surface area (Å²) < 4.78 is 16.7. The van der Waals surface area contributed by atoms with E-state index in [2.05, 4.69) is 23.5 Å². The molecule has 1 fully saturated rings. The van der Waals surface area contributed by atoms with E-state index < -0.39 is 0 Å². The minimum Gasteiger partial charge on any atom is -0.491 e. The van der Waals surface area contributed by atoms with Gasteiger partial charge in [-0.3, -0.25) is 4.79 Å². The van der Waals surface area contributed by atoms with Crippen molar-refractivity contribution in [1.29, 1.82) is 5.26 Å². The average Bonchev–Trinajstić information content (AvgIpc) is 3.66. The number of esters is 1. The lowest BCUT2D eigenvalue weighted by Gasteiger charge is -2.24. The first-order valence-electron chi connectivity index (χ1n) is 11.3. The number of ether oxygens (including phenoxy) is 3. The Morgan fingerprint density at radius 3 is 2.66 bits per heavy atom. The summed E-state index contributed by atoms with van der Waals surface area (Å²) in [5.74, 6) is 1.72. The molecular weight excluding hydrogens is 404 g/mol. The molecule has 2 aliphatic rings. The molecule has 1 N–H and O–H groups in total. The minimum atomic E-state index is -0.251. The summed E-state index contributed by atoms with van der Waals surface area (Å²) in [6, 6.07) is 13.8. The van der Waals surface area contributed by atoms with Gasteiger partial charge in [0.2, 0.25) is 0 Å². The molecule has 2 aromatic rings. The molecule has 0 saturated heterocycles. The number of fused-ring (bicyclic) bond motifs is 1. The highest BCUT2D eigenvalue weighted by Gasteiger charge is 2.36. The molecule has 2 atom stereocenters. The van der Waals surface area contributed by atoms with E-state index in [4.69, 9.17) is 19.5 Å². The fourth-order valence-electron chi connectivity index (χ4n) is 4.60. The smallest absolute Gasteiger partial charge is 0.306 e. The Morgan fingerprint density at radius 1 is 1.22 bits per heavy atom. The number of nitrogens with zero attached hydrogens (tertiary/aromatic N) is 1. The summed E-state index contributed by atoms with van der Waals surface area (Å²) >= 11 is 0. The molecule has 1 aliphatic heterocycles. The van der Waals surface area contributed by atoms with Crippen LogP contribution in [0.25, 0.3) is 0 Å². The third-order valence-electron chi connectivity index (χ3n) is 6.41. The monoisotopic (exact) mass is 434 g/mol. The maximum Gasteiger partial charge on any atom is 0.306 e. The second-order valence-corrected chi connectivity index (χ2v) is 8.67. The lowest BCUT2D eigenvalue weighted by Crippen LogP contribution is -2.15. The number of nitriles is 1. The third-order valence-corrected chi connectivity index (χ3v) is 6.41. The molecule has 0 spiro atoms. The van der Waals surface area contributed by atoms with Crippen molar-refractivity contribution in [3.8, 4) is 11.8 Å². The lowest BCUT2D eigenvalue weighted by molar-refractivity contribution is -0.141. The van der Waals surface area contributed by atoms with Crippen molar-refractivity contribution in [2.24, 2.45) is 5.92 Å². The Hall–Kier alpha value is -3.04. The van der Waals surface area contributed by atoms with Crippen LogP contribution >= 0.6 is 0 Å². The number of benzene rings is 2. The first kappa shape index (κ1) is 22.2. The van der Waals surface area contributed by atoms with Crippen LogP contribution in [0, 0.1) is 17.2 Å². The zero-order valence-electron chi connectivity index (χ0n) is 18.7.